The zero-order valence-electron chi connectivity index (χ0n) is 10.2. The summed E-state index contributed by atoms with van der Waals surface area (Å²) < 4.78 is 5.51. The van der Waals surface area contributed by atoms with Crippen LogP contribution in [-0.4, -0.2) is 24.7 Å². The number of aryl methyl sites for hydroxylation is 1. The number of rotatable bonds is 4. The van der Waals surface area contributed by atoms with E-state index in [0.717, 1.165) is 0 Å². The van der Waals surface area contributed by atoms with Gasteiger partial charge in [0, 0.05) is 19.5 Å². The molecule has 1 rings (SSSR count). The Labute approximate surface area is 91.9 Å². The monoisotopic (exact) mass is 208 g/mol. The minimum absolute atomic E-state index is 0.149. The van der Waals surface area contributed by atoms with Gasteiger partial charge in [-0.3, -0.25) is 4.98 Å². The van der Waals surface area contributed by atoms with Crippen LogP contribution in [0.15, 0.2) is 18.5 Å². The molecule has 1 N–H and O–H groups in total. The zero-order valence-corrected chi connectivity index (χ0v) is 10.2. The predicted molar refractivity (Wildman–Crippen MR) is 61.9 cm³/mol. The van der Waals surface area contributed by atoms with Crippen molar-refractivity contribution < 1.29 is 4.74 Å². The molecule has 84 valence electrons. The first-order valence-corrected chi connectivity index (χ1v) is 5.16. The highest BCUT2D eigenvalue weighted by molar-refractivity contribution is 5.27. The smallest absolute Gasteiger partial charge is 0.0817 e. The molecule has 1 aromatic rings. The SMILES string of the molecule is CNC(c1cnccc1C)C(C)(C)OC. The van der Waals surface area contributed by atoms with E-state index < -0.39 is 0 Å². The van der Waals surface area contributed by atoms with Gasteiger partial charge in [-0.1, -0.05) is 0 Å². The van der Waals surface area contributed by atoms with Gasteiger partial charge in [-0.2, -0.15) is 0 Å². The highest BCUT2D eigenvalue weighted by atomic mass is 16.5. The van der Waals surface area contributed by atoms with Gasteiger partial charge in [-0.05, 0) is 45.0 Å². The van der Waals surface area contributed by atoms with Crippen LogP contribution in [-0.2, 0) is 4.74 Å². The average Bonchev–Trinajstić information content (AvgIpc) is 2.21. The highest BCUT2D eigenvalue weighted by Gasteiger charge is 2.30. The van der Waals surface area contributed by atoms with E-state index in [9.17, 15) is 0 Å². The number of nitrogens with one attached hydrogen (secondary N) is 1. The van der Waals surface area contributed by atoms with Gasteiger partial charge in [0.15, 0.2) is 0 Å². The molecule has 0 saturated carbocycles. The molecule has 0 bridgehead atoms. The topological polar surface area (TPSA) is 34.2 Å². The van der Waals surface area contributed by atoms with Crippen molar-refractivity contribution in [3.63, 3.8) is 0 Å². The molecule has 0 spiro atoms. The molecule has 0 saturated heterocycles. The first-order chi connectivity index (χ1) is 7.03. The summed E-state index contributed by atoms with van der Waals surface area (Å²) in [5.74, 6) is 0. The van der Waals surface area contributed by atoms with Crippen molar-refractivity contribution in [2.45, 2.75) is 32.4 Å². The van der Waals surface area contributed by atoms with Crippen molar-refractivity contribution in [2.24, 2.45) is 0 Å². The van der Waals surface area contributed by atoms with Crippen LogP contribution in [0.4, 0.5) is 0 Å². The number of likely N-dealkylation sites (N-methyl/N-ethyl adjacent to an activating group) is 1. The van der Waals surface area contributed by atoms with Crippen molar-refractivity contribution >= 4 is 0 Å². The lowest BCUT2D eigenvalue weighted by atomic mass is 9.90. The van der Waals surface area contributed by atoms with Gasteiger partial charge in [0.2, 0.25) is 0 Å². The molecule has 3 heteroatoms. The molecule has 0 fully saturated rings. The number of hydrogen-bond donors (Lipinski definition) is 1. The molecule has 3 nitrogen and oxygen atoms in total. The number of hydrogen-bond acceptors (Lipinski definition) is 3. The van der Waals surface area contributed by atoms with E-state index in [1.54, 1.807) is 7.11 Å². The second-order valence-electron chi connectivity index (χ2n) is 4.26. The van der Waals surface area contributed by atoms with Crippen molar-refractivity contribution in [1.29, 1.82) is 0 Å². The van der Waals surface area contributed by atoms with Crippen molar-refractivity contribution in [3.05, 3.63) is 29.6 Å². The van der Waals surface area contributed by atoms with Crippen LogP contribution in [0.5, 0.6) is 0 Å². The molecule has 15 heavy (non-hydrogen) atoms. The fraction of sp³-hybridized carbons (Fsp3) is 0.583. The summed E-state index contributed by atoms with van der Waals surface area (Å²) in [5.41, 5.74) is 2.17. The Kier molecular flexibility index (Phi) is 3.83. The third-order valence-electron chi connectivity index (χ3n) is 2.90. The quantitative estimate of drug-likeness (QED) is 0.822. The zero-order chi connectivity index (χ0) is 11.5. The van der Waals surface area contributed by atoms with E-state index in [-0.39, 0.29) is 11.6 Å². The van der Waals surface area contributed by atoms with E-state index in [1.807, 2.05) is 25.5 Å². The highest BCUT2D eigenvalue weighted by Crippen LogP contribution is 2.29. The summed E-state index contributed by atoms with van der Waals surface area (Å²) in [4.78, 5) is 4.17. The molecule has 0 aromatic carbocycles. The molecule has 0 aliphatic carbocycles. The van der Waals surface area contributed by atoms with E-state index in [4.69, 9.17) is 4.74 Å². The van der Waals surface area contributed by atoms with Crippen LogP contribution in [0, 0.1) is 6.92 Å². The van der Waals surface area contributed by atoms with E-state index in [2.05, 4.69) is 31.1 Å². The maximum Gasteiger partial charge on any atom is 0.0817 e. The molecule has 0 aliphatic rings. The number of ether oxygens (including phenoxy) is 1. The Morgan fingerprint density at radius 3 is 2.60 bits per heavy atom. The number of nitrogens with zero attached hydrogens (tertiary/aromatic N) is 1. The van der Waals surface area contributed by atoms with Gasteiger partial charge in [-0.25, -0.2) is 0 Å². The molecule has 0 radical (unpaired) electrons. The van der Waals surface area contributed by atoms with Gasteiger partial charge >= 0.3 is 0 Å². The van der Waals surface area contributed by atoms with Crippen LogP contribution in [0.1, 0.15) is 31.0 Å². The average molecular weight is 208 g/mol. The normalized spacial score (nSPS) is 13.9. The molecule has 0 aliphatic heterocycles. The fourth-order valence-electron chi connectivity index (χ4n) is 1.77. The van der Waals surface area contributed by atoms with E-state index in [1.165, 1.54) is 11.1 Å². The van der Waals surface area contributed by atoms with Crippen LogP contribution in [0.2, 0.25) is 0 Å². The second kappa shape index (κ2) is 4.73. The fourth-order valence-corrected chi connectivity index (χ4v) is 1.77. The van der Waals surface area contributed by atoms with Gasteiger partial charge < -0.3 is 10.1 Å². The lowest BCUT2D eigenvalue weighted by Crippen LogP contribution is -2.39. The van der Waals surface area contributed by atoms with Gasteiger partial charge in [0.1, 0.15) is 0 Å². The summed E-state index contributed by atoms with van der Waals surface area (Å²) in [7, 11) is 3.67. The number of methoxy groups -OCH3 is 1. The minimum atomic E-state index is -0.247. The van der Waals surface area contributed by atoms with E-state index >= 15 is 0 Å². The van der Waals surface area contributed by atoms with Crippen LogP contribution >= 0.6 is 0 Å². The molecular formula is C12H20N2O. The first-order valence-electron chi connectivity index (χ1n) is 5.16. The minimum Gasteiger partial charge on any atom is -0.377 e. The Morgan fingerprint density at radius 2 is 2.13 bits per heavy atom. The molecular weight excluding hydrogens is 188 g/mol. The lowest BCUT2D eigenvalue weighted by Gasteiger charge is -2.33. The number of pyridine rings is 1. The second-order valence-corrected chi connectivity index (χ2v) is 4.26. The molecule has 0 amide bonds. The van der Waals surface area contributed by atoms with Crippen LogP contribution < -0.4 is 5.32 Å². The van der Waals surface area contributed by atoms with Crippen molar-refractivity contribution in [1.82, 2.24) is 10.3 Å². The van der Waals surface area contributed by atoms with Crippen LogP contribution in [0.25, 0.3) is 0 Å². The van der Waals surface area contributed by atoms with E-state index in [0.29, 0.717) is 0 Å². The van der Waals surface area contributed by atoms with Gasteiger partial charge in [0.05, 0.1) is 11.6 Å². The Bertz CT molecular complexity index is 323. The molecule has 1 heterocycles. The summed E-state index contributed by atoms with van der Waals surface area (Å²) in [6.07, 6.45) is 3.71. The Morgan fingerprint density at radius 1 is 1.47 bits per heavy atom. The summed E-state index contributed by atoms with van der Waals surface area (Å²) in [5, 5.41) is 3.29. The molecule has 1 unspecified atom stereocenters. The summed E-state index contributed by atoms with van der Waals surface area (Å²) in [6.45, 7) is 6.23. The standard InChI is InChI=1S/C12H20N2O/c1-9-6-7-14-8-10(9)11(13-4)12(2,3)15-5/h6-8,11,13H,1-5H3. The lowest BCUT2D eigenvalue weighted by molar-refractivity contribution is -0.00924. The maximum absolute atomic E-state index is 5.51. The maximum atomic E-state index is 5.51. The van der Waals surface area contributed by atoms with Gasteiger partial charge in [-0.15, -0.1) is 0 Å². The molecule has 1 aromatic heterocycles. The Hall–Kier alpha value is -0.930. The Balaban J connectivity index is 3.08. The number of aromatic nitrogens is 1. The van der Waals surface area contributed by atoms with Gasteiger partial charge in [0.25, 0.3) is 0 Å². The summed E-state index contributed by atoms with van der Waals surface area (Å²) >= 11 is 0. The first kappa shape index (κ1) is 12.1. The largest absolute Gasteiger partial charge is 0.377 e. The predicted octanol–water partition coefficient (Wildman–Crippen LogP) is 2.08. The molecule has 1 atom stereocenters. The third-order valence-corrected chi connectivity index (χ3v) is 2.90. The third kappa shape index (κ3) is 2.55. The summed E-state index contributed by atoms with van der Waals surface area (Å²) in [6, 6.07) is 2.17. The van der Waals surface area contributed by atoms with Crippen molar-refractivity contribution in [2.75, 3.05) is 14.2 Å². The van der Waals surface area contributed by atoms with Crippen LogP contribution in [0.3, 0.4) is 0 Å². The van der Waals surface area contributed by atoms with Crippen molar-refractivity contribution in [3.8, 4) is 0 Å².